The van der Waals surface area contributed by atoms with Gasteiger partial charge in [0.2, 0.25) is 0 Å². The Balaban J connectivity index is 1.57. The second-order valence-electron chi connectivity index (χ2n) is 5.83. The summed E-state index contributed by atoms with van der Waals surface area (Å²) in [5.74, 6) is 1.15. The van der Waals surface area contributed by atoms with Gasteiger partial charge < -0.3 is 15.4 Å². The molecule has 3 aromatic rings. The van der Waals surface area contributed by atoms with E-state index in [0.29, 0.717) is 21.5 Å². The molecule has 0 fully saturated rings. The summed E-state index contributed by atoms with van der Waals surface area (Å²) in [5.41, 5.74) is 8.79. The molecule has 0 saturated carbocycles. The third-order valence-corrected chi connectivity index (χ3v) is 5.51. The summed E-state index contributed by atoms with van der Waals surface area (Å²) in [6.07, 6.45) is 2.78. The van der Waals surface area contributed by atoms with Crippen molar-refractivity contribution in [3.8, 4) is 11.5 Å². The zero-order valence-electron chi connectivity index (χ0n) is 13.2. The number of rotatable bonds is 3. The molecule has 0 spiro atoms. The highest BCUT2D eigenvalue weighted by atomic mass is 35.5. The van der Waals surface area contributed by atoms with Crippen LogP contribution in [0.25, 0.3) is 0 Å². The zero-order valence-corrected chi connectivity index (χ0v) is 15.5. The quantitative estimate of drug-likeness (QED) is 0.608. The highest BCUT2D eigenvalue weighted by molar-refractivity contribution is 7.13. The molecule has 1 aliphatic heterocycles. The van der Waals surface area contributed by atoms with Crippen LogP contribution in [0.5, 0.6) is 11.5 Å². The number of aromatic nitrogens is 1. The molecule has 0 bridgehead atoms. The number of benzene rings is 2. The topological polar surface area (TPSA) is 51.4 Å². The zero-order chi connectivity index (χ0) is 17.4. The van der Waals surface area contributed by atoms with Crippen molar-refractivity contribution >= 4 is 45.4 Å². The van der Waals surface area contributed by atoms with Gasteiger partial charge in [-0.1, -0.05) is 29.3 Å². The Hall–Kier alpha value is -1.95. The molecule has 0 saturated heterocycles. The maximum Gasteiger partial charge on any atom is 0.185 e. The van der Waals surface area contributed by atoms with Crippen molar-refractivity contribution in [1.29, 1.82) is 0 Å². The molecule has 0 atom stereocenters. The van der Waals surface area contributed by atoms with Crippen molar-refractivity contribution in [1.82, 2.24) is 4.98 Å². The second kappa shape index (κ2) is 6.75. The fourth-order valence-electron chi connectivity index (χ4n) is 2.92. The van der Waals surface area contributed by atoms with Gasteiger partial charge in [0.1, 0.15) is 5.75 Å². The minimum absolute atomic E-state index is 0.401. The molecule has 7 heteroatoms. The van der Waals surface area contributed by atoms with E-state index in [1.54, 1.807) is 23.5 Å². The molecule has 2 aromatic carbocycles. The van der Waals surface area contributed by atoms with Gasteiger partial charge >= 0.3 is 0 Å². The molecule has 1 aromatic heterocycles. The molecule has 128 valence electrons. The number of nitrogens with zero attached hydrogens (tertiary/aromatic N) is 2. The standard InChI is InChI=1S/C18H15Cl2N3OS/c19-15-8-13(21)9-16(20)17(15)24-14-2-1-12-10-23(5-3-11(12)7-14)18-22-4-6-25-18/h1-2,4,6-9H,3,5,10,21H2. The molecule has 0 aliphatic carbocycles. The Bertz CT molecular complexity index is 892. The summed E-state index contributed by atoms with van der Waals surface area (Å²) < 4.78 is 5.92. The normalized spacial score (nSPS) is 13.6. The van der Waals surface area contributed by atoms with E-state index in [-0.39, 0.29) is 0 Å². The monoisotopic (exact) mass is 391 g/mol. The summed E-state index contributed by atoms with van der Waals surface area (Å²) in [4.78, 5) is 6.69. The Morgan fingerprint density at radius 2 is 1.92 bits per heavy atom. The third-order valence-electron chi connectivity index (χ3n) is 4.12. The number of thiazole rings is 1. The number of halogens is 2. The Morgan fingerprint density at radius 3 is 2.64 bits per heavy atom. The van der Waals surface area contributed by atoms with Crippen LogP contribution in [0.15, 0.2) is 41.9 Å². The van der Waals surface area contributed by atoms with Gasteiger partial charge in [0.05, 0.1) is 10.0 Å². The van der Waals surface area contributed by atoms with Gasteiger partial charge in [0.15, 0.2) is 10.9 Å². The molecule has 1 aliphatic rings. The highest BCUT2D eigenvalue weighted by Gasteiger charge is 2.19. The molecule has 0 amide bonds. The molecule has 0 unspecified atom stereocenters. The summed E-state index contributed by atoms with van der Waals surface area (Å²) in [5, 5.41) is 3.86. The fraction of sp³-hybridized carbons (Fsp3) is 0.167. The van der Waals surface area contributed by atoms with Crippen molar-refractivity contribution in [2.45, 2.75) is 13.0 Å². The first-order chi connectivity index (χ1) is 12.1. The fourth-order valence-corrected chi connectivity index (χ4v) is 4.17. The lowest BCUT2D eigenvalue weighted by atomic mass is 10.00. The highest BCUT2D eigenvalue weighted by Crippen LogP contribution is 2.39. The van der Waals surface area contributed by atoms with Gasteiger partial charge in [-0.2, -0.15) is 0 Å². The van der Waals surface area contributed by atoms with E-state index >= 15 is 0 Å². The van der Waals surface area contributed by atoms with Gasteiger partial charge in [-0.3, -0.25) is 0 Å². The van der Waals surface area contributed by atoms with E-state index in [1.807, 2.05) is 17.6 Å². The lowest BCUT2D eigenvalue weighted by Gasteiger charge is -2.28. The first-order valence-electron chi connectivity index (χ1n) is 7.79. The first-order valence-corrected chi connectivity index (χ1v) is 9.42. The van der Waals surface area contributed by atoms with Crippen molar-refractivity contribution in [3.05, 3.63) is 63.1 Å². The summed E-state index contributed by atoms with van der Waals surface area (Å²) in [6.45, 7) is 1.79. The van der Waals surface area contributed by atoms with E-state index in [4.69, 9.17) is 33.7 Å². The number of anilines is 2. The van der Waals surface area contributed by atoms with E-state index in [0.717, 1.165) is 30.4 Å². The van der Waals surface area contributed by atoms with Crippen LogP contribution in [-0.2, 0) is 13.0 Å². The van der Waals surface area contributed by atoms with Crippen molar-refractivity contribution in [3.63, 3.8) is 0 Å². The number of hydrogen-bond donors (Lipinski definition) is 1. The van der Waals surface area contributed by atoms with Gasteiger partial charge in [0.25, 0.3) is 0 Å². The number of fused-ring (bicyclic) bond motifs is 1. The van der Waals surface area contributed by atoms with Crippen LogP contribution in [-0.4, -0.2) is 11.5 Å². The average molecular weight is 392 g/mol. The molecular formula is C18H15Cl2N3OS. The average Bonchev–Trinajstić information content (AvgIpc) is 3.12. The van der Waals surface area contributed by atoms with Gasteiger partial charge in [0, 0.05) is 30.4 Å². The van der Waals surface area contributed by atoms with Crippen molar-refractivity contribution < 1.29 is 4.74 Å². The van der Waals surface area contributed by atoms with Crippen LogP contribution in [0.1, 0.15) is 11.1 Å². The van der Waals surface area contributed by atoms with Gasteiger partial charge in [-0.15, -0.1) is 11.3 Å². The smallest absolute Gasteiger partial charge is 0.185 e. The molecule has 4 nitrogen and oxygen atoms in total. The largest absolute Gasteiger partial charge is 0.454 e. The molecule has 2 N–H and O–H groups in total. The molecule has 0 radical (unpaired) electrons. The summed E-state index contributed by atoms with van der Waals surface area (Å²) in [6, 6.07) is 9.34. The maximum atomic E-state index is 6.20. The van der Waals surface area contributed by atoms with Crippen LogP contribution in [0, 0.1) is 0 Å². The molecule has 25 heavy (non-hydrogen) atoms. The minimum atomic E-state index is 0.401. The lowest BCUT2D eigenvalue weighted by molar-refractivity contribution is 0.481. The predicted octanol–water partition coefficient (Wildman–Crippen LogP) is 5.39. The minimum Gasteiger partial charge on any atom is -0.454 e. The van der Waals surface area contributed by atoms with Crippen LogP contribution >= 0.6 is 34.5 Å². The SMILES string of the molecule is Nc1cc(Cl)c(Oc2ccc3c(c2)CCN(c2nccs2)C3)c(Cl)c1. The summed E-state index contributed by atoms with van der Waals surface area (Å²) >= 11 is 14.1. The number of hydrogen-bond acceptors (Lipinski definition) is 5. The van der Waals surface area contributed by atoms with Gasteiger partial charge in [-0.05, 0) is 41.8 Å². The Morgan fingerprint density at radius 1 is 1.12 bits per heavy atom. The molecule has 2 heterocycles. The number of ether oxygens (including phenoxy) is 1. The second-order valence-corrected chi connectivity index (χ2v) is 7.52. The van der Waals surface area contributed by atoms with E-state index in [1.165, 1.54) is 11.1 Å². The Kier molecular flexibility index (Phi) is 4.46. The van der Waals surface area contributed by atoms with Crippen LogP contribution in [0.4, 0.5) is 10.8 Å². The number of nitrogens with two attached hydrogens (primary N) is 1. The van der Waals surface area contributed by atoms with Crippen LogP contribution < -0.4 is 15.4 Å². The van der Waals surface area contributed by atoms with Crippen molar-refractivity contribution in [2.75, 3.05) is 17.2 Å². The van der Waals surface area contributed by atoms with Gasteiger partial charge in [-0.25, -0.2) is 4.98 Å². The summed E-state index contributed by atoms with van der Waals surface area (Å²) in [7, 11) is 0. The van der Waals surface area contributed by atoms with Crippen LogP contribution in [0.3, 0.4) is 0 Å². The van der Waals surface area contributed by atoms with Crippen molar-refractivity contribution in [2.24, 2.45) is 0 Å². The van der Waals surface area contributed by atoms with E-state index in [9.17, 15) is 0 Å². The lowest BCUT2D eigenvalue weighted by Crippen LogP contribution is -2.30. The predicted molar refractivity (Wildman–Crippen MR) is 104 cm³/mol. The first kappa shape index (κ1) is 16.5. The van der Waals surface area contributed by atoms with E-state index in [2.05, 4.69) is 22.0 Å². The molecular weight excluding hydrogens is 377 g/mol. The van der Waals surface area contributed by atoms with Crippen LogP contribution in [0.2, 0.25) is 10.0 Å². The Labute approximate surface area is 159 Å². The third kappa shape index (κ3) is 3.40. The van der Waals surface area contributed by atoms with E-state index < -0.39 is 0 Å². The molecule has 4 rings (SSSR count). The number of nitrogen functional groups attached to an aromatic ring is 1. The maximum absolute atomic E-state index is 6.20.